The van der Waals surface area contributed by atoms with E-state index >= 15 is 0 Å². The standard InChI is InChI=1S/C17H19NO/c1-3-18(13-15-9-5-4-6-10-15)17-12-8-7-11-16(17)14(2)19/h4-12H,3,13H2,1-2H3. The van der Waals surface area contributed by atoms with E-state index in [1.807, 2.05) is 42.5 Å². The Hall–Kier alpha value is -2.09. The highest BCUT2D eigenvalue weighted by atomic mass is 16.1. The zero-order chi connectivity index (χ0) is 13.7. The summed E-state index contributed by atoms with van der Waals surface area (Å²) in [7, 11) is 0. The normalized spacial score (nSPS) is 10.2. The van der Waals surface area contributed by atoms with Gasteiger partial charge in [-0.2, -0.15) is 0 Å². The third kappa shape index (κ3) is 3.22. The second kappa shape index (κ2) is 6.19. The SMILES string of the molecule is CCN(Cc1ccccc1)c1ccccc1C(C)=O. The van der Waals surface area contributed by atoms with Gasteiger partial charge in [-0.05, 0) is 31.5 Å². The highest BCUT2D eigenvalue weighted by Gasteiger charge is 2.12. The molecule has 0 amide bonds. The van der Waals surface area contributed by atoms with Crippen molar-refractivity contribution in [3.05, 3.63) is 65.7 Å². The van der Waals surface area contributed by atoms with Gasteiger partial charge >= 0.3 is 0 Å². The van der Waals surface area contributed by atoms with Crippen LogP contribution in [0.5, 0.6) is 0 Å². The smallest absolute Gasteiger partial charge is 0.161 e. The zero-order valence-electron chi connectivity index (χ0n) is 11.5. The number of hydrogen-bond acceptors (Lipinski definition) is 2. The molecule has 0 atom stereocenters. The van der Waals surface area contributed by atoms with Crippen molar-refractivity contribution in [3.63, 3.8) is 0 Å². The summed E-state index contributed by atoms with van der Waals surface area (Å²) in [6.45, 7) is 5.43. The van der Waals surface area contributed by atoms with Crippen molar-refractivity contribution in [2.45, 2.75) is 20.4 Å². The highest BCUT2D eigenvalue weighted by molar-refractivity contribution is 5.99. The summed E-state index contributed by atoms with van der Waals surface area (Å²) < 4.78 is 0. The minimum atomic E-state index is 0.113. The van der Waals surface area contributed by atoms with Crippen molar-refractivity contribution in [2.24, 2.45) is 0 Å². The molecule has 0 aliphatic heterocycles. The predicted octanol–water partition coefficient (Wildman–Crippen LogP) is 3.92. The maximum atomic E-state index is 11.7. The Bertz CT molecular complexity index is 548. The van der Waals surface area contributed by atoms with Gasteiger partial charge in [0.05, 0.1) is 0 Å². The number of carbonyl (C=O) groups excluding carboxylic acids is 1. The van der Waals surface area contributed by atoms with Gasteiger partial charge in [0, 0.05) is 24.3 Å². The van der Waals surface area contributed by atoms with Gasteiger partial charge in [-0.1, -0.05) is 42.5 Å². The molecule has 2 nitrogen and oxygen atoms in total. The van der Waals surface area contributed by atoms with Gasteiger partial charge < -0.3 is 4.90 Å². The van der Waals surface area contributed by atoms with E-state index < -0.39 is 0 Å². The molecule has 0 bridgehead atoms. The van der Waals surface area contributed by atoms with E-state index in [4.69, 9.17) is 0 Å². The Kier molecular flexibility index (Phi) is 4.35. The molecule has 0 radical (unpaired) electrons. The molecule has 2 aromatic carbocycles. The third-order valence-corrected chi connectivity index (χ3v) is 3.22. The lowest BCUT2D eigenvalue weighted by atomic mass is 10.1. The molecule has 0 spiro atoms. The number of rotatable bonds is 5. The number of para-hydroxylation sites is 1. The molecule has 0 saturated heterocycles. The monoisotopic (exact) mass is 253 g/mol. The van der Waals surface area contributed by atoms with Crippen molar-refractivity contribution in [1.82, 2.24) is 0 Å². The van der Waals surface area contributed by atoms with Crippen LogP contribution in [0.1, 0.15) is 29.8 Å². The first-order valence-electron chi connectivity index (χ1n) is 6.61. The van der Waals surface area contributed by atoms with E-state index in [9.17, 15) is 4.79 Å². The maximum Gasteiger partial charge on any atom is 0.161 e. The summed E-state index contributed by atoms with van der Waals surface area (Å²) in [5.74, 6) is 0.113. The second-order valence-corrected chi connectivity index (χ2v) is 4.57. The van der Waals surface area contributed by atoms with E-state index in [2.05, 4.69) is 24.0 Å². The van der Waals surface area contributed by atoms with Crippen molar-refractivity contribution in [3.8, 4) is 0 Å². The lowest BCUT2D eigenvalue weighted by molar-refractivity contribution is 0.101. The quantitative estimate of drug-likeness (QED) is 0.753. The van der Waals surface area contributed by atoms with Crippen molar-refractivity contribution >= 4 is 11.5 Å². The summed E-state index contributed by atoms with van der Waals surface area (Å²) in [6.07, 6.45) is 0. The molecule has 0 aromatic heterocycles. The van der Waals surface area contributed by atoms with Gasteiger partial charge in [0.15, 0.2) is 5.78 Å². The fourth-order valence-corrected chi connectivity index (χ4v) is 2.22. The molecule has 2 heteroatoms. The number of anilines is 1. The van der Waals surface area contributed by atoms with E-state index in [1.165, 1.54) is 5.56 Å². The Labute approximate surface area is 114 Å². The van der Waals surface area contributed by atoms with E-state index in [1.54, 1.807) is 6.92 Å². The molecule has 0 heterocycles. The van der Waals surface area contributed by atoms with Gasteiger partial charge in [-0.3, -0.25) is 4.79 Å². The molecule has 0 aliphatic carbocycles. The van der Waals surface area contributed by atoms with Crippen LogP contribution >= 0.6 is 0 Å². The fourth-order valence-electron chi connectivity index (χ4n) is 2.22. The van der Waals surface area contributed by atoms with Gasteiger partial charge in [0.1, 0.15) is 0 Å². The number of benzene rings is 2. The van der Waals surface area contributed by atoms with E-state index in [0.717, 1.165) is 24.3 Å². The summed E-state index contributed by atoms with van der Waals surface area (Å²) >= 11 is 0. The molecule has 0 fully saturated rings. The van der Waals surface area contributed by atoms with Crippen molar-refractivity contribution < 1.29 is 4.79 Å². The minimum absolute atomic E-state index is 0.113. The highest BCUT2D eigenvalue weighted by Crippen LogP contribution is 2.22. The summed E-state index contributed by atoms with van der Waals surface area (Å²) in [5.41, 5.74) is 3.06. The average Bonchev–Trinajstić information content (AvgIpc) is 2.46. The van der Waals surface area contributed by atoms with Crippen LogP contribution in [0, 0.1) is 0 Å². The summed E-state index contributed by atoms with van der Waals surface area (Å²) in [6, 6.07) is 18.1. The van der Waals surface area contributed by atoms with Crippen LogP contribution in [0.4, 0.5) is 5.69 Å². The molecule has 0 aliphatic rings. The molecule has 19 heavy (non-hydrogen) atoms. The number of carbonyl (C=O) groups is 1. The Balaban J connectivity index is 2.30. The molecule has 0 saturated carbocycles. The Morgan fingerprint density at radius 2 is 1.63 bits per heavy atom. The van der Waals surface area contributed by atoms with Crippen molar-refractivity contribution in [2.75, 3.05) is 11.4 Å². The molecule has 0 unspecified atom stereocenters. The van der Waals surface area contributed by atoms with Crippen LogP contribution in [0.3, 0.4) is 0 Å². The first-order valence-corrected chi connectivity index (χ1v) is 6.61. The molecule has 0 N–H and O–H groups in total. The van der Waals surface area contributed by atoms with Crippen LogP contribution in [0.2, 0.25) is 0 Å². The van der Waals surface area contributed by atoms with Crippen LogP contribution < -0.4 is 4.90 Å². The summed E-state index contributed by atoms with van der Waals surface area (Å²) in [4.78, 5) is 13.9. The average molecular weight is 253 g/mol. The maximum absolute atomic E-state index is 11.7. The Morgan fingerprint density at radius 1 is 1.00 bits per heavy atom. The first-order chi connectivity index (χ1) is 9.22. The lowest BCUT2D eigenvalue weighted by Crippen LogP contribution is -2.23. The molecule has 2 aromatic rings. The van der Waals surface area contributed by atoms with Gasteiger partial charge in [0.25, 0.3) is 0 Å². The van der Waals surface area contributed by atoms with Crippen LogP contribution in [-0.4, -0.2) is 12.3 Å². The van der Waals surface area contributed by atoms with Crippen molar-refractivity contribution in [1.29, 1.82) is 0 Å². The van der Waals surface area contributed by atoms with Gasteiger partial charge in [0.2, 0.25) is 0 Å². The number of Topliss-reactive ketones (excluding diaryl/α,β-unsaturated/α-hetero) is 1. The van der Waals surface area contributed by atoms with E-state index in [0.29, 0.717) is 0 Å². The molecule has 98 valence electrons. The fraction of sp³-hybridized carbons (Fsp3) is 0.235. The minimum Gasteiger partial charge on any atom is -0.367 e. The van der Waals surface area contributed by atoms with Crippen LogP contribution in [0.25, 0.3) is 0 Å². The number of ketones is 1. The van der Waals surface area contributed by atoms with Crippen LogP contribution in [0.15, 0.2) is 54.6 Å². The largest absolute Gasteiger partial charge is 0.367 e. The summed E-state index contributed by atoms with van der Waals surface area (Å²) in [5, 5.41) is 0. The third-order valence-electron chi connectivity index (χ3n) is 3.22. The molecular weight excluding hydrogens is 234 g/mol. The van der Waals surface area contributed by atoms with Gasteiger partial charge in [-0.15, -0.1) is 0 Å². The number of hydrogen-bond donors (Lipinski definition) is 0. The number of nitrogens with zero attached hydrogens (tertiary/aromatic N) is 1. The molecular formula is C17H19NO. The Morgan fingerprint density at radius 3 is 2.26 bits per heavy atom. The zero-order valence-corrected chi connectivity index (χ0v) is 11.5. The topological polar surface area (TPSA) is 20.3 Å². The van der Waals surface area contributed by atoms with E-state index in [-0.39, 0.29) is 5.78 Å². The first kappa shape index (κ1) is 13.3. The van der Waals surface area contributed by atoms with Crippen LogP contribution in [-0.2, 0) is 6.54 Å². The second-order valence-electron chi connectivity index (χ2n) is 4.57. The van der Waals surface area contributed by atoms with Gasteiger partial charge in [-0.25, -0.2) is 0 Å². The predicted molar refractivity (Wildman–Crippen MR) is 79.6 cm³/mol. The lowest BCUT2D eigenvalue weighted by Gasteiger charge is -2.25. The molecule has 2 rings (SSSR count).